The van der Waals surface area contributed by atoms with Gasteiger partial charge in [-0.15, -0.1) is 11.6 Å². The Labute approximate surface area is 133 Å². The van der Waals surface area contributed by atoms with E-state index in [4.69, 9.17) is 20.8 Å². The molecule has 1 unspecified atom stereocenters. The van der Waals surface area contributed by atoms with E-state index in [0.717, 1.165) is 18.1 Å². The molecule has 1 rings (SSSR count). The average Bonchev–Trinajstić information content (AvgIpc) is 2.56. The molecule has 1 aromatic carbocycles. The van der Waals surface area contributed by atoms with Crippen LogP contribution in [0.2, 0.25) is 18.1 Å². The summed E-state index contributed by atoms with van der Waals surface area (Å²) in [6.45, 7) is 6.91. The zero-order valence-corrected chi connectivity index (χ0v) is 14.9. The van der Waals surface area contributed by atoms with Gasteiger partial charge in [0.25, 0.3) is 0 Å². The quantitative estimate of drug-likeness (QED) is 0.381. The van der Waals surface area contributed by atoms with Crippen molar-refractivity contribution in [1.82, 2.24) is 0 Å². The highest BCUT2D eigenvalue weighted by Crippen LogP contribution is 2.22. The van der Waals surface area contributed by atoms with Crippen LogP contribution in [0.3, 0.4) is 0 Å². The molecule has 3 nitrogen and oxygen atoms in total. The lowest BCUT2D eigenvalue weighted by Gasteiger charge is -2.29. The fraction of sp³-hybridized carbons (Fsp3) is 0.562. The Morgan fingerprint density at radius 3 is 2.19 bits per heavy atom. The molecule has 0 amide bonds. The number of rotatable bonds is 9. The van der Waals surface area contributed by atoms with Crippen molar-refractivity contribution >= 4 is 25.9 Å². The number of esters is 1. The first kappa shape index (κ1) is 18.2. The van der Waals surface area contributed by atoms with E-state index in [1.54, 1.807) is 12.1 Å². The number of ether oxygens (including phenoxy) is 1. The highest BCUT2D eigenvalue weighted by Gasteiger charge is 2.30. The van der Waals surface area contributed by atoms with Crippen LogP contribution >= 0.6 is 11.6 Å². The Balaban J connectivity index is 2.58. The van der Waals surface area contributed by atoms with Gasteiger partial charge < -0.3 is 9.16 Å². The average molecular weight is 329 g/mol. The lowest BCUT2D eigenvalue weighted by Crippen LogP contribution is -2.39. The summed E-state index contributed by atoms with van der Waals surface area (Å²) in [6.07, 6.45) is -0.393. The zero-order valence-electron chi connectivity index (χ0n) is 13.1. The molecule has 0 fully saturated rings. The van der Waals surface area contributed by atoms with Gasteiger partial charge in [0.2, 0.25) is 0 Å². The van der Waals surface area contributed by atoms with Crippen LogP contribution in [-0.2, 0) is 9.16 Å². The summed E-state index contributed by atoms with van der Waals surface area (Å²) in [6, 6.07) is 12.2. The molecule has 0 aliphatic carbocycles. The molecule has 0 bridgehead atoms. The number of benzene rings is 1. The molecule has 21 heavy (non-hydrogen) atoms. The van der Waals surface area contributed by atoms with E-state index >= 15 is 0 Å². The molecule has 0 N–H and O–H groups in total. The Kier molecular flexibility index (Phi) is 8.00. The molecule has 5 heteroatoms. The first-order chi connectivity index (χ1) is 10.1. The third-order valence-electron chi connectivity index (χ3n) is 3.96. The summed E-state index contributed by atoms with van der Waals surface area (Å²) in [5.41, 5.74) is 0.539. The molecule has 1 atom stereocenters. The second kappa shape index (κ2) is 9.23. The number of carbonyl (C=O) groups is 1. The second-order valence-electron chi connectivity index (χ2n) is 5.10. The molecule has 0 heterocycles. The molecular weight excluding hydrogens is 304 g/mol. The van der Waals surface area contributed by atoms with E-state index in [-0.39, 0.29) is 11.8 Å². The first-order valence-corrected chi connectivity index (χ1v) is 10.6. The fourth-order valence-corrected chi connectivity index (χ4v) is 5.03. The van der Waals surface area contributed by atoms with Crippen LogP contribution in [0.5, 0.6) is 0 Å². The van der Waals surface area contributed by atoms with Gasteiger partial charge in [0, 0.05) is 0 Å². The Morgan fingerprint density at radius 1 is 1.14 bits per heavy atom. The van der Waals surface area contributed by atoms with Crippen molar-refractivity contribution < 1.29 is 14.0 Å². The Hall–Kier alpha value is -0.843. The summed E-state index contributed by atoms with van der Waals surface area (Å²) in [5.74, 6) is -0.0955. The van der Waals surface area contributed by atoms with Gasteiger partial charge in [-0.1, -0.05) is 39.0 Å². The third-order valence-corrected chi connectivity index (χ3v) is 8.95. The molecule has 0 aliphatic rings. The van der Waals surface area contributed by atoms with E-state index in [0.29, 0.717) is 12.2 Å². The van der Waals surface area contributed by atoms with Crippen molar-refractivity contribution in [2.45, 2.75) is 45.0 Å². The monoisotopic (exact) mass is 328 g/mol. The van der Waals surface area contributed by atoms with Crippen molar-refractivity contribution in [3.63, 3.8) is 0 Å². The van der Waals surface area contributed by atoms with Crippen LogP contribution < -0.4 is 0 Å². The zero-order chi connectivity index (χ0) is 15.7. The van der Waals surface area contributed by atoms with Crippen LogP contribution in [0.1, 0.15) is 31.1 Å². The molecule has 118 valence electrons. The van der Waals surface area contributed by atoms with Crippen LogP contribution in [0.15, 0.2) is 30.3 Å². The Morgan fingerprint density at radius 2 is 1.71 bits per heavy atom. The summed E-state index contributed by atoms with van der Waals surface area (Å²) in [7, 11) is -1.68. The van der Waals surface area contributed by atoms with Gasteiger partial charge in [-0.25, -0.2) is 4.79 Å². The number of alkyl halides is 1. The minimum atomic E-state index is -1.68. The topological polar surface area (TPSA) is 35.5 Å². The van der Waals surface area contributed by atoms with Crippen molar-refractivity contribution in [2.24, 2.45) is 0 Å². The lowest BCUT2D eigenvalue weighted by atomic mass is 10.2. The largest absolute Gasteiger partial charge is 0.455 e. The van der Waals surface area contributed by atoms with Crippen LogP contribution in [0.25, 0.3) is 0 Å². The molecular formula is C16H25ClO3Si. The molecule has 0 radical (unpaired) electrons. The van der Waals surface area contributed by atoms with Crippen molar-refractivity contribution in [3.8, 4) is 0 Å². The van der Waals surface area contributed by atoms with Crippen LogP contribution in [-0.4, -0.2) is 32.9 Å². The van der Waals surface area contributed by atoms with Crippen molar-refractivity contribution in [2.75, 3.05) is 12.5 Å². The summed E-state index contributed by atoms with van der Waals surface area (Å²) in [4.78, 5) is 12.0. The van der Waals surface area contributed by atoms with E-state index in [1.165, 1.54) is 0 Å². The summed E-state index contributed by atoms with van der Waals surface area (Å²) >= 11 is 5.92. The van der Waals surface area contributed by atoms with Gasteiger partial charge in [-0.05, 0) is 30.3 Å². The standard InChI is InChI=1S/C16H25ClO3Si/c1-4-21(5-2,6-3)19-13-15(12-17)20-16(18)14-10-8-7-9-11-14/h7-11,15H,4-6,12-13H2,1-3H3. The van der Waals surface area contributed by atoms with Crippen molar-refractivity contribution in [1.29, 1.82) is 0 Å². The lowest BCUT2D eigenvalue weighted by molar-refractivity contribution is 0.0224. The molecule has 0 saturated heterocycles. The maximum absolute atomic E-state index is 12.0. The third kappa shape index (κ3) is 5.45. The summed E-state index contributed by atoms with van der Waals surface area (Å²) < 4.78 is 11.6. The fourth-order valence-electron chi connectivity index (χ4n) is 2.23. The Bertz CT molecular complexity index is 413. The maximum atomic E-state index is 12.0. The SMILES string of the molecule is CC[Si](CC)(CC)OCC(CCl)OC(=O)c1ccccc1. The number of carbonyl (C=O) groups excluding carboxylic acids is 1. The maximum Gasteiger partial charge on any atom is 0.338 e. The number of halogens is 1. The first-order valence-electron chi connectivity index (χ1n) is 7.56. The highest BCUT2D eigenvalue weighted by molar-refractivity contribution is 6.73. The molecule has 0 aromatic heterocycles. The number of hydrogen-bond donors (Lipinski definition) is 0. The van der Waals surface area contributed by atoms with Gasteiger partial charge in [-0.3, -0.25) is 0 Å². The van der Waals surface area contributed by atoms with Gasteiger partial charge in [-0.2, -0.15) is 0 Å². The van der Waals surface area contributed by atoms with E-state index in [1.807, 2.05) is 18.2 Å². The van der Waals surface area contributed by atoms with Gasteiger partial charge in [0.05, 0.1) is 18.1 Å². The van der Waals surface area contributed by atoms with Crippen LogP contribution in [0, 0.1) is 0 Å². The van der Waals surface area contributed by atoms with E-state index in [2.05, 4.69) is 20.8 Å². The number of hydrogen-bond acceptors (Lipinski definition) is 3. The predicted molar refractivity (Wildman–Crippen MR) is 89.5 cm³/mol. The molecule has 1 aromatic rings. The predicted octanol–water partition coefficient (Wildman–Crippen LogP) is 4.47. The highest BCUT2D eigenvalue weighted by atomic mass is 35.5. The molecule has 0 saturated carbocycles. The minimum Gasteiger partial charge on any atom is -0.455 e. The van der Waals surface area contributed by atoms with Gasteiger partial charge in [0.15, 0.2) is 8.32 Å². The molecule has 0 aliphatic heterocycles. The summed E-state index contributed by atoms with van der Waals surface area (Å²) in [5, 5.41) is 0. The molecule has 0 spiro atoms. The second-order valence-corrected chi connectivity index (χ2v) is 10.2. The normalized spacial score (nSPS) is 13.0. The van der Waals surface area contributed by atoms with Crippen LogP contribution in [0.4, 0.5) is 0 Å². The smallest absolute Gasteiger partial charge is 0.338 e. The van der Waals surface area contributed by atoms with Gasteiger partial charge >= 0.3 is 5.97 Å². The van der Waals surface area contributed by atoms with E-state index < -0.39 is 14.4 Å². The van der Waals surface area contributed by atoms with E-state index in [9.17, 15) is 4.79 Å². The van der Waals surface area contributed by atoms with Gasteiger partial charge in [0.1, 0.15) is 6.10 Å². The minimum absolute atomic E-state index is 0.250. The van der Waals surface area contributed by atoms with Crippen molar-refractivity contribution in [3.05, 3.63) is 35.9 Å².